The van der Waals surface area contributed by atoms with E-state index in [1.807, 2.05) is 12.1 Å². The normalized spacial score (nSPS) is 30.1. The van der Waals surface area contributed by atoms with Gasteiger partial charge in [-0.1, -0.05) is 172 Å². The predicted molar refractivity (Wildman–Crippen MR) is 406 cm³/mol. The van der Waals surface area contributed by atoms with Crippen LogP contribution in [0.1, 0.15) is 205 Å². The SMILES string of the molecule is Clc1cc2nc(c1)C[N-][C@@H]1CCCC[C@H]1[N-]CC[N-]C1CCCCC1[N-]C2.NCCSc1cc2nc(c1)C[N-][C@@H]1CCCC[C@H]1[N-]CC[N-]C1CCCCC1[N-]C2.[Cl][Mn][Cl].[Cl][Mn][Cl].[Cl][Mn][Cl].[HH].[HH].[HH].[HH].[HH].[HH].[HH].[HH].[HH].[HH].[HH].[HH].c1cc2nc(c1)C[N-][C@@H]1CCCCC1[N-]CC[N-]C1CCCCC1[N-]C2. The number of nitrogens with zero attached hydrogens (tertiary/aromatic N) is 15. The predicted octanol–water partition coefficient (Wildman–Crippen LogP) is 23.4. The van der Waals surface area contributed by atoms with Gasteiger partial charge in [0.1, 0.15) is 0 Å². The Hall–Kier alpha value is 0.868. The third-order valence-electron chi connectivity index (χ3n) is 18.6. The smallest absolute Gasteiger partial charge is 0.0201 e. The molecule has 0 amide bonds. The van der Waals surface area contributed by atoms with Crippen molar-refractivity contribution in [3.05, 3.63) is 145 Å². The summed E-state index contributed by atoms with van der Waals surface area (Å²) in [5.74, 6) is 0.921. The van der Waals surface area contributed by atoms with Crippen molar-refractivity contribution in [2.75, 3.05) is 51.6 Å². The zero-order valence-electron chi connectivity index (χ0n) is 53.3. The van der Waals surface area contributed by atoms with Gasteiger partial charge in [-0.15, -0.1) is 51.0 Å². The van der Waals surface area contributed by atoms with Gasteiger partial charge in [0.2, 0.25) is 0 Å². The van der Waals surface area contributed by atoms with Crippen LogP contribution in [-0.2, 0) is 78.7 Å². The van der Waals surface area contributed by atoms with E-state index in [2.05, 4.69) is 30.3 Å². The van der Waals surface area contributed by atoms with Crippen molar-refractivity contribution in [3.63, 3.8) is 0 Å². The third-order valence-corrected chi connectivity index (χ3v) is 19.9. The molecule has 6 aliphatic carbocycles. The van der Waals surface area contributed by atoms with E-state index >= 15 is 0 Å². The van der Waals surface area contributed by atoms with Crippen LogP contribution in [0.4, 0.5) is 0 Å². The molecule has 9 aliphatic rings. The molecule has 12 rings (SSSR count). The Morgan fingerprint density at radius 3 is 0.793 bits per heavy atom. The van der Waals surface area contributed by atoms with E-state index < -0.39 is 0 Å². The first-order valence-corrected chi connectivity index (χ1v) is 44.9. The minimum atomic E-state index is 0. The second-order valence-electron chi connectivity index (χ2n) is 25.0. The summed E-state index contributed by atoms with van der Waals surface area (Å²) in [6, 6.07) is 18.8. The van der Waals surface area contributed by atoms with E-state index in [9.17, 15) is 0 Å². The van der Waals surface area contributed by atoms with Crippen LogP contribution < -0.4 is 5.73 Å². The molecule has 6 fully saturated rings. The van der Waals surface area contributed by atoms with Gasteiger partial charge in [-0.25, -0.2) is 0 Å². The first-order chi connectivity index (χ1) is 45.2. The van der Waals surface area contributed by atoms with Gasteiger partial charge >= 0.3 is 100.0 Å². The van der Waals surface area contributed by atoms with E-state index in [0.717, 1.165) is 123 Å². The first-order valence-electron chi connectivity index (χ1n) is 33.8. The van der Waals surface area contributed by atoms with Crippen molar-refractivity contribution >= 4 is 84.0 Å². The number of fused-ring (bicyclic) bond motifs is 12. The van der Waals surface area contributed by atoms with E-state index in [1.54, 1.807) is 11.8 Å². The van der Waals surface area contributed by atoms with E-state index in [4.69, 9.17) is 157 Å². The first kappa shape index (κ1) is 80.2. The van der Waals surface area contributed by atoms with Crippen LogP contribution in [0.2, 0.25) is 5.02 Å². The number of pyridine rings is 3. The second-order valence-corrected chi connectivity index (χ2v) is 32.4. The molecule has 3 aromatic heterocycles. The summed E-state index contributed by atoms with van der Waals surface area (Å²) < 4.78 is 0. The Morgan fingerprint density at radius 1 is 0.348 bits per heavy atom. The molecule has 12 atom stereocenters. The summed E-state index contributed by atoms with van der Waals surface area (Å²) in [5.41, 5.74) is 11.9. The van der Waals surface area contributed by atoms with Gasteiger partial charge in [-0.2, -0.15) is 112 Å². The molecule has 3 aliphatic heterocycles. The summed E-state index contributed by atoms with van der Waals surface area (Å²) in [6.45, 7) is 9.76. The molecule has 549 valence electrons. The van der Waals surface area contributed by atoms with Gasteiger partial charge in [0, 0.05) is 73.5 Å². The number of rotatable bonds is 3. The van der Waals surface area contributed by atoms with Crippen molar-refractivity contribution in [2.45, 2.75) is 271 Å². The Balaban J connectivity index is -0.000000310. The summed E-state index contributed by atoms with van der Waals surface area (Å²) in [7, 11) is 28.8. The molecule has 0 radical (unpaired) electrons. The van der Waals surface area contributed by atoms with Crippen molar-refractivity contribution in [1.29, 1.82) is 0 Å². The van der Waals surface area contributed by atoms with Crippen molar-refractivity contribution in [1.82, 2.24) is 15.0 Å². The molecule has 6 bridgehead atoms. The average molecular weight is 1570 g/mol. The second kappa shape index (κ2) is 48.7. The fourth-order valence-corrected chi connectivity index (χ4v) is 15.3. The van der Waals surface area contributed by atoms with Gasteiger partial charge < -0.3 is 69.5 Å². The van der Waals surface area contributed by atoms with Crippen LogP contribution in [0.5, 0.6) is 0 Å². The molecule has 0 saturated heterocycles. The summed E-state index contributed by atoms with van der Waals surface area (Å²) in [5, 5.41) is 60.8. The van der Waals surface area contributed by atoms with Crippen LogP contribution in [0, 0.1) is 0 Å². The molecule has 3 aromatic rings. The monoisotopic (exact) mass is 1570 g/mol. The van der Waals surface area contributed by atoms with Gasteiger partial charge in [0.05, 0.1) is 0 Å². The molecular weight excluding hydrogens is 1450 g/mol. The van der Waals surface area contributed by atoms with E-state index in [0.29, 0.717) is 118 Å². The largest absolute Gasteiger partial charge is 0.662 e. The summed E-state index contributed by atoms with van der Waals surface area (Å²) >= 11 is 8.18. The minimum Gasteiger partial charge on any atom is -0.662 e. The quantitative estimate of drug-likeness (QED) is 0.198. The van der Waals surface area contributed by atoms with E-state index in [1.165, 1.54) is 120 Å². The Labute approximate surface area is 624 Å². The maximum atomic E-state index is 6.35. The van der Waals surface area contributed by atoms with Crippen LogP contribution in [-0.4, -0.2) is 139 Å². The van der Waals surface area contributed by atoms with Crippen LogP contribution in [0.25, 0.3) is 63.8 Å². The molecule has 27 heteroatoms. The third kappa shape index (κ3) is 30.2. The zero-order chi connectivity index (χ0) is 64.8. The maximum absolute atomic E-state index is 6.35. The molecule has 0 aromatic carbocycles. The zero-order valence-corrected chi connectivity index (χ0v) is 63.0. The molecule has 2 N–H and O–H groups in total. The molecule has 0 spiro atoms. The number of hydrogen-bond donors (Lipinski definition) is 1. The maximum Gasteiger partial charge on any atom is 0.0201 e. The number of hydrogen-bond acceptors (Lipinski definition) is 5. The van der Waals surface area contributed by atoms with Crippen molar-refractivity contribution in [2.24, 2.45) is 5.73 Å². The molecule has 7 unspecified atom stereocenters. The number of nitrogens with two attached hydrogens (primary N) is 1. The summed E-state index contributed by atoms with van der Waals surface area (Å²) in [6.07, 6.45) is 29.2. The standard InChI is InChI=1S/C23H36N6S.C21H30ClN5.C21H31N5.6ClH.3Mn.12H2/c24-9-12-30-19-13-17-15-27-22-7-3-1-5-20(22)25-10-11-26-21-6-2-4-8-23(21)28-16-18(14-19)29-17;22-15-11-16-13-25-20-7-3-1-5-18(20)23-9-10-24-19-6-2-4-8-21(19)26-14-17(12-15)27-16;1-3-10-20-18(8-1)22-12-13-23-19-9-2-4-11-21(19)25-15-17-7-5-6-16(26-17)14-24-20;;;;;;;;;;;;;;;;;;;;;/h13-14,20-23H,1-12,15-16,24H2;11-12,18-21H,1-10,13-14H2;5-7,18-21H,1-4,8-15H2;6*1H;;;;12*1H/q3*-4;;;;;;;3*+2;;;;;;;;;;;;/p-6/t20-,21?,22-,23?;18-,19?,20-,21?;18?,19?,20-,21?;;;;;;;;;;;;;;;;;;;;;/m111...................../s1. The Morgan fingerprint density at radius 2 is 0.554 bits per heavy atom. The van der Waals surface area contributed by atoms with E-state index in [-0.39, 0.29) is 56.5 Å². The molecule has 6 saturated carbocycles. The fraction of sp³-hybridized carbons (Fsp3) is 0.769. The number of halogens is 7. The van der Waals surface area contributed by atoms with Crippen LogP contribution >= 0.6 is 84.0 Å². The van der Waals surface area contributed by atoms with Crippen molar-refractivity contribution < 1.29 is 56.5 Å². The van der Waals surface area contributed by atoms with Gasteiger partial charge in [-0.3, -0.25) is 15.0 Å². The fourth-order valence-electron chi connectivity index (χ4n) is 14.2. The molecule has 16 nitrogen and oxygen atoms in total. The van der Waals surface area contributed by atoms with Gasteiger partial charge in [0.25, 0.3) is 0 Å². The Kier molecular flexibility index (Phi) is 42.4. The number of aromatic nitrogens is 3. The number of thioether (sulfide) groups is 1. The average Bonchev–Trinajstić information content (AvgIpc) is 1.91. The Bertz CT molecular complexity index is 2340. The molecule has 92 heavy (non-hydrogen) atoms. The van der Waals surface area contributed by atoms with Crippen molar-refractivity contribution in [3.8, 4) is 0 Å². The topological polar surface area (TPSA) is 234 Å². The summed E-state index contributed by atoms with van der Waals surface area (Å²) in [4.78, 5) is 15.8. The van der Waals surface area contributed by atoms with Gasteiger partial charge in [0.15, 0.2) is 0 Å². The van der Waals surface area contributed by atoms with Crippen LogP contribution in [0.15, 0.2) is 47.4 Å². The molecular formula is C65H121Cl7Mn3N16S-12. The minimum absolute atomic E-state index is 0. The van der Waals surface area contributed by atoms with Gasteiger partial charge in [-0.05, 0) is 36.4 Å². The van der Waals surface area contributed by atoms with Crippen LogP contribution in [0.3, 0.4) is 0 Å². The molecule has 6 heterocycles.